The van der Waals surface area contributed by atoms with E-state index in [9.17, 15) is 18.0 Å². The maximum atomic E-state index is 14.1. The van der Waals surface area contributed by atoms with Crippen molar-refractivity contribution in [1.29, 1.82) is 0 Å². The maximum absolute atomic E-state index is 14.1. The molecular formula is C30H36ClN3O4S. The molecule has 0 heterocycles. The summed E-state index contributed by atoms with van der Waals surface area (Å²) in [6.07, 6.45) is 0.344. The van der Waals surface area contributed by atoms with Gasteiger partial charge >= 0.3 is 0 Å². The minimum absolute atomic E-state index is 0.0284. The SMILES string of the molecule is CC[C@H](C(=O)NC(C)(C)C)N(Cc1ccccc1C)C(=O)CN(c1ccccc1Cl)S(=O)(=O)c1ccccc1. The van der Waals surface area contributed by atoms with Gasteiger partial charge in [-0.05, 0) is 69.5 Å². The van der Waals surface area contributed by atoms with Gasteiger partial charge in [-0.3, -0.25) is 13.9 Å². The van der Waals surface area contributed by atoms with Crippen LogP contribution in [0, 0.1) is 6.92 Å². The molecule has 3 rings (SSSR count). The van der Waals surface area contributed by atoms with E-state index < -0.39 is 34.1 Å². The topological polar surface area (TPSA) is 86.8 Å². The Hall–Kier alpha value is -3.36. The molecule has 0 spiro atoms. The fraction of sp³-hybridized carbons (Fsp3) is 0.333. The third-order valence-corrected chi connectivity index (χ3v) is 8.31. The average molecular weight is 570 g/mol. The predicted molar refractivity (Wildman–Crippen MR) is 156 cm³/mol. The summed E-state index contributed by atoms with van der Waals surface area (Å²) in [5.74, 6) is -0.823. The van der Waals surface area contributed by atoms with Crippen molar-refractivity contribution in [2.45, 2.75) is 64.1 Å². The standard InChI is InChI=1S/C30H36ClN3O4S/c1-6-26(29(36)32-30(3,4)5)33(20-23-15-11-10-14-22(23)2)28(35)21-34(27-19-13-12-18-25(27)31)39(37,38)24-16-8-7-9-17-24/h7-19,26H,6,20-21H2,1-5H3,(H,32,36)/t26-/m1/s1. The second kappa shape index (κ2) is 12.7. The molecule has 1 atom stereocenters. The molecule has 0 saturated carbocycles. The number of carbonyl (C=O) groups excluding carboxylic acids is 2. The fourth-order valence-electron chi connectivity index (χ4n) is 4.23. The number of hydrogen-bond acceptors (Lipinski definition) is 4. The number of carbonyl (C=O) groups is 2. The lowest BCUT2D eigenvalue weighted by atomic mass is 10.0. The Balaban J connectivity index is 2.09. The molecule has 7 nitrogen and oxygen atoms in total. The molecule has 39 heavy (non-hydrogen) atoms. The van der Waals surface area contributed by atoms with Crippen LogP contribution in [-0.2, 0) is 26.2 Å². The first-order chi connectivity index (χ1) is 18.3. The van der Waals surface area contributed by atoms with E-state index in [0.717, 1.165) is 15.4 Å². The largest absolute Gasteiger partial charge is 0.350 e. The van der Waals surface area contributed by atoms with Gasteiger partial charge in [-0.1, -0.05) is 73.1 Å². The smallest absolute Gasteiger partial charge is 0.264 e. The Labute approximate surface area is 236 Å². The molecule has 0 fully saturated rings. The first-order valence-electron chi connectivity index (χ1n) is 12.8. The van der Waals surface area contributed by atoms with E-state index in [4.69, 9.17) is 11.6 Å². The molecule has 0 aromatic heterocycles. The van der Waals surface area contributed by atoms with Crippen molar-refractivity contribution in [2.75, 3.05) is 10.8 Å². The van der Waals surface area contributed by atoms with Crippen molar-refractivity contribution in [3.05, 3.63) is 95.0 Å². The third-order valence-electron chi connectivity index (χ3n) is 6.22. The van der Waals surface area contributed by atoms with Gasteiger partial charge in [-0.15, -0.1) is 0 Å². The van der Waals surface area contributed by atoms with E-state index in [1.807, 2.05) is 58.9 Å². The van der Waals surface area contributed by atoms with E-state index in [2.05, 4.69) is 5.32 Å². The predicted octanol–water partition coefficient (Wildman–Crippen LogP) is 5.57. The van der Waals surface area contributed by atoms with Crippen LogP contribution in [0.1, 0.15) is 45.2 Å². The molecule has 0 bridgehead atoms. The van der Waals surface area contributed by atoms with Crippen LogP contribution < -0.4 is 9.62 Å². The number of benzene rings is 3. The number of rotatable bonds is 10. The molecule has 9 heteroatoms. The van der Waals surface area contributed by atoms with Gasteiger partial charge in [0.25, 0.3) is 10.0 Å². The van der Waals surface area contributed by atoms with Gasteiger partial charge in [0, 0.05) is 12.1 Å². The molecule has 0 aliphatic heterocycles. The average Bonchev–Trinajstić information content (AvgIpc) is 2.88. The zero-order valence-electron chi connectivity index (χ0n) is 23.0. The fourth-order valence-corrected chi connectivity index (χ4v) is 5.97. The summed E-state index contributed by atoms with van der Waals surface area (Å²) >= 11 is 6.44. The minimum atomic E-state index is -4.17. The van der Waals surface area contributed by atoms with E-state index in [1.165, 1.54) is 17.0 Å². The summed E-state index contributed by atoms with van der Waals surface area (Å²) in [6, 6.07) is 21.2. The second-order valence-corrected chi connectivity index (χ2v) is 12.7. The third kappa shape index (κ3) is 7.61. The Bertz CT molecular complexity index is 1400. The highest BCUT2D eigenvalue weighted by Gasteiger charge is 2.35. The van der Waals surface area contributed by atoms with Crippen LogP contribution >= 0.6 is 11.6 Å². The number of hydrogen-bond donors (Lipinski definition) is 1. The molecule has 208 valence electrons. The molecule has 3 aromatic rings. The quantitative estimate of drug-likeness (QED) is 0.346. The van der Waals surface area contributed by atoms with Gasteiger partial charge in [-0.2, -0.15) is 0 Å². The first kappa shape index (κ1) is 30.2. The molecule has 0 saturated heterocycles. The van der Waals surface area contributed by atoms with Gasteiger partial charge in [0.15, 0.2) is 0 Å². The Morgan fingerprint density at radius 2 is 1.51 bits per heavy atom. The Morgan fingerprint density at radius 1 is 0.923 bits per heavy atom. The van der Waals surface area contributed by atoms with Crippen LogP contribution in [0.3, 0.4) is 0 Å². The highest BCUT2D eigenvalue weighted by atomic mass is 35.5. The van der Waals surface area contributed by atoms with E-state index >= 15 is 0 Å². The van der Waals surface area contributed by atoms with Gasteiger partial charge in [-0.25, -0.2) is 8.42 Å². The van der Waals surface area contributed by atoms with E-state index in [-0.39, 0.29) is 28.1 Å². The van der Waals surface area contributed by atoms with Crippen molar-refractivity contribution in [3.8, 4) is 0 Å². The summed E-state index contributed by atoms with van der Waals surface area (Å²) in [4.78, 5) is 29.0. The summed E-state index contributed by atoms with van der Waals surface area (Å²) in [6.45, 7) is 8.99. The van der Waals surface area contributed by atoms with Crippen molar-refractivity contribution >= 4 is 39.1 Å². The number of aryl methyl sites for hydroxylation is 1. The van der Waals surface area contributed by atoms with Gasteiger partial charge < -0.3 is 10.2 Å². The molecular weight excluding hydrogens is 534 g/mol. The zero-order chi connectivity index (χ0) is 28.8. The molecule has 0 aliphatic carbocycles. The van der Waals surface area contributed by atoms with Crippen LogP contribution in [0.15, 0.2) is 83.8 Å². The monoisotopic (exact) mass is 569 g/mol. The van der Waals surface area contributed by atoms with E-state index in [0.29, 0.717) is 6.42 Å². The molecule has 0 unspecified atom stereocenters. The second-order valence-electron chi connectivity index (χ2n) is 10.4. The lowest BCUT2D eigenvalue weighted by molar-refractivity contribution is -0.141. The minimum Gasteiger partial charge on any atom is -0.350 e. The lowest BCUT2D eigenvalue weighted by Gasteiger charge is -2.35. The van der Waals surface area contributed by atoms with E-state index in [1.54, 1.807) is 42.5 Å². The molecule has 1 N–H and O–H groups in total. The number of nitrogens with zero attached hydrogens (tertiary/aromatic N) is 2. The number of halogens is 1. The van der Waals surface area contributed by atoms with Gasteiger partial charge in [0.1, 0.15) is 12.6 Å². The summed E-state index contributed by atoms with van der Waals surface area (Å²) < 4.78 is 28.7. The number of amides is 2. The van der Waals surface area contributed by atoms with Gasteiger partial charge in [0.05, 0.1) is 15.6 Å². The first-order valence-corrected chi connectivity index (χ1v) is 14.6. The van der Waals surface area contributed by atoms with Crippen LogP contribution in [0.4, 0.5) is 5.69 Å². The van der Waals surface area contributed by atoms with Crippen molar-refractivity contribution in [1.82, 2.24) is 10.2 Å². The normalized spacial score (nSPS) is 12.5. The summed E-state index contributed by atoms with van der Waals surface area (Å²) in [5, 5.41) is 3.16. The van der Waals surface area contributed by atoms with Crippen molar-refractivity contribution in [2.24, 2.45) is 0 Å². The van der Waals surface area contributed by atoms with Crippen molar-refractivity contribution in [3.63, 3.8) is 0 Å². The van der Waals surface area contributed by atoms with Crippen LogP contribution in [0.5, 0.6) is 0 Å². The Kier molecular flexibility index (Phi) is 9.80. The number of sulfonamides is 1. The molecule has 3 aromatic carbocycles. The summed E-state index contributed by atoms with van der Waals surface area (Å²) in [7, 11) is -4.17. The number of para-hydroxylation sites is 1. The number of nitrogens with one attached hydrogen (secondary N) is 1. The molecule has 2 amide bonds. The molecule has 0 aliphatic rings. The lowest BCUT2D eigenvalue weighted by Crippen LogP contribution is -2.55. The maximum Gasteiger partial charge on any atom is 0.264 e. The highest BCUT2D eigenvalue weighted by Crippen LogP contribution is 2.31. The van der Waals surface area contributed by atoms with Crippen LogP contribution in [-0.4, -0.2) is 43.3 Å². The van der Waals surface area contributed by atoms with Crippen molar-refractivity contribution < 1.29 is 18.0 Å². The number of anilines is 1. The zero-order valence-corrected chi connectivity index (χ0v) is 24.6. The van der Waals surface area contributed by atoms with Crippen LogP contribution in [0.2, 0.25) is 5.02 Å². The van der Waals surface area contributed by atoms with Gasteiger partial charge in [0.2, 0.25) is 11.8 Å². The highest BCUT2D eigenvalue weighted by molar-refractivity contribution is 7.92. The molecule has 0 radical (unpaired) electrons. The Morgan fingerprint density at radius 3 is 2.10 bits per heavy atom. The van der Waals surface area contributed by atoms with Crippen LogP contribution in [0.25, 0.3) is 0 Å². The summed E-state index contributed by atoms with van der Waals surface area (Å²) in [5.41, 5.74) is 1.49.